The second-order valence-corrected chi connectivity index (χ2v) is 6.44. The van der Waals surface area contributed by atoms with E-state index in [2.05, 4.69) is 33.0 Å². The summed E-state index contributed by atoms with van der Waals surface area (Å²) < 4.78 is 0. The van der Waals surface area contributed by atoms with Gasteiger partial charge in [0.25, 0.3) is 0 Å². The van der Waals surface area contributed by atoms with E-state index in [-0.39, 0.29) is 0 Å². The fraction of sp³-hybridized carbons (Fsp3) is 1.00. The first-order chi connectivity index (χ1) is 5.33. The summed E-state index contributed by atoms with van der Waals surface area (Å²) in [5, 5.41) is 3.62. The molecule has 0 spiro atoms. The number of hydrogen-bond donors (Lipinski definition) is 1. The largest absolute Gasteiger partial charge is 0.312 e. The van der Waals surface area contributed by atoms with E-state index < -0.39 is 0 Å². The molecule has 0 atom stereocenters. The fourth-order valence-electron chi connectivity index (χ4n) is 3.20. The highest BCUT2D eigenvalue weighted by atomic mass is 15.0. The molecule has 3 aliphatic rings. The molecular formula is C11H21N. The quantitative estimate of drug-likeness (QED) is 0.666. The predicted molar refractivity (Wildman–Crippen MR) is 52.1 cm³/mol. The Bertz CT molecular complexity index is 180. The van der Waals surface area contributed by atoms with Gasteiger partial charge in [-0.1, -0.05) is 6.92 Å². The minimum Gasteiger partial charge on any atom is -0.312 e. The Morgan fingerprint density at radius 2 is 1.67 bits per heavy atom. The van der Waals surface area contributed by atoms with E-state index in [4.69, 9.17) is 0 Å². The first-order valence-corrected chi connectivity index (χ1v) is 5.08. The highest BCUT2D eigenvalue weighted by Gasteiger charge is 2.64. The van der Waals surface area contributed by atoms with Crippen molar-refractivity contribution in [2.24, 2.45) is 10.8 Å². The zero-order valence-electron chi connectivity index (χ0n) is 8.83. The molecule has 70 valence electrons. The van der Waals surface area contributed by atoms with Crippen LogP contribution in [0.1, 0.15) is 47.0 Å². The van der Waals surface area contributed by atoms with E-state index in [1.165, 1.54) is 25.8 Å². The van der Waals surface area contributed by atoms with Crippen LogP contribution in [0.25, 0.3) is 0 Å². The van der Waals surface area contributed by atoms with Gasteiger partial charge in [0, 0.05) is 12.1 Å². The molecule has 2 bridgehead atoms. The van der Waals surface area contributed by atoms with Crippen LogP contribution in [0.3, 0.4) is 0 Å². The van der Waals surface area contributed by atoms with Crippen LogP contribution in [0.2, 0.25) is 0 Å². The maximum absolute atomic E-state index is 3.62. The summed E-state index contributed by atoms with van der Waals surface area (Å²) in [5.74, 6) is 0. The molecule has 0 saturated heterocycles. The third-order valence-electron chi connectivity index (χ3n) is 3.40. The molecule has 3 aliphatic carbocycles. The molecule has 3 fully saturated rings. The predicted octanol–water partition coefficient (Wildman–Crippen LogP) is 2.56. The summed E-state index contributed by atoms with van der Waals surface area (Å²) in [5.41, 5.74) is 1.79. The minimum absolute atomic E-state index is 0.302. The standard InChI is InChI=1S/C11H21N/c1-9(2,3)12-8-11-5-10(4,6-11)7-11/h12H,5-8H2,1-4H3. The third kappa shape index (κ3) is 1.28. The Morgan fingerprint density at radius 1 is 1.17 bits per heavy atom. The van der Waals surface area contributed by atoms with Gasteiger partial charge >= 0.3 is 0 Å². The molecule has 1 heteroatoms. The van der Waals surface area contributed by atoms with Gasteiger partial charge in [-0.2, -0.15) is 0 Å². The summed E-state index contributed by atoms with van der Waals surface area (Å²) in [7, 11) is 0. The average molecular weight is 167 g/mol. The first kappa shape index (κ1) is 8.55. The lowest BCUT2D eigenvalue weighted by Gasteiger charge is -2.70. The van der Waals surface area contributed by atoms with Gasteiger partial charge in [-0.25, -0.2) is 0 Å². The zero-order valence-corrected chi connectivity index (χ0v) is 8.83. The Balaban J connectivity index is 1.77. The van der Waals surface area contributed by atoms with Crippen LogP contribution >= 0.6 is 0 Å². The van der Waals surface area contributed by atoms with Crippen molar-refractivity contribution >= 4 is 0 Å². The van der Waals surface area contributed by atoms with Crippen LogP contribution in [0.4, 0.5) is 0 Å². The highest BCUT2D eigenvalue weighted by molar-refractivity contribution is 5.15. The van der Waals surface area contributed by atoms with Crippen LogP contribution in [0.5, 0.6) is 0 Å². The molecular weight excluding hydrogens is 146 g/mol. The lowest BCUT2D eigenvalue weighted by molar-refractivity contribution is -0.188. The van der Waals surface area contributed by atoms with Gasteiger partial charge in [0.05, 0.1) is 0 Å². The van der Waals surface area contributed by atoms with Gasteiger partial charge < -0.3 is 5.32 Å². The summed E-state index contributed by atoms with van der Waals surface area (Å²) in [6.45, 7) is 10.4. The maximum atomic E-state index is 3.62. The third-order valence-corrected chi connectivity index (χ3v) is 3.40. The molecule has 0 aromatic carbocycles. The molecule has 1 N–H and O–H groups in total. The number of hydrogen-bond acceptors (Lipinski definition) is 1. The van der Waals surface area contributed by atoms with E-state index in [1.54, 1.807) is 0 Å². The van der Waals surface area contributed by atoms with Gasteiger partial charge in [-0.3, -0.25) is 0 Å². The van der Waals surface area contributed by atoms with Crippen molar-refractivity contribution in [3.05, 3.63) is 0 Å². The van der Waals surface area contributed by atoms with Crippen LogP contribution < -0.4 is 5.32 Å². The Morgan fingerprint density at radius 3 is 2.00 bits per heavy atom. The second-order valence-electron chi connectivity index (χ2n) is 6.44. The molecule has 0 aliphatic heterocycles. The highest BCUT2D eigenvalue weighted by Crippen LogP contribution is 2.72. The normalized spacial score (nSPS) is 45.0. The summed E-state index contributed by atoms with van der Waals surface area (Å²) in [6.07, 6.45) is 4.43. The topological polar surface area (TPSA) is 12.0 Å². The molecule has 0 amide bonds. The van der Waals surface area contributed by atoms with Gasteiger partial charge in [0.15, 0.2) is 0 Å². The molecule has 0 unspecified atom stereocenters. The lowest BCUT2D eigenvalue weighted by Crippen LogP contribution is -2.65. The molecule has 12 heavy (non-hydrogen) atoms. The van der Waals surface area contributed by atoms with Gasteiger partial charge in [0.2, 0.25) is 0 Å². The first-order valence-electron chi connectivity index (χ1n) is 5.08. The van der Waals surface area contributed by atoms with Crippen molar-refractivity contribution < 1.29 is 0 Å². The van der Waals surface area contributed by atoms with Gasteiger partial charge in [-0.15, -0.1) is 0 Å². The monoisotopic (exact) mass is 167 g/mol. The molecule has 0 heterocycles. The van der Waals surface area contributed by atoms with E-state index in [0.717, 1.165) is 10.8 Å². The van der Waals surface area contributed by atoms with Gasteiger partial charge in [0.1, 0.15) is 0 Å². The van der Waals surface area contributed by atoms with Gasteiger partial charge in [-0.05, 0) is 50.9 Å². The van der Waals surface area contributed by atoms with Crippen molar-refractivity contribution in [2.75, 3.05) is 6.54 Å². The summed E-state index contributed by atoms with van der Waals surface area (Å²) >= 11 is 0. The lowest BCUT2D eigenvalue weighted by atomic mass is 9.36. The Hall–Kier alpha value is -0.0400. The van der Waals surface area contributed by atoms with E-state index in [0.29, 0.717) is 5.54 Å². The van der Waals surface area contributed by atoms with Crippen molar-refractivity contribution in [3.63, 3.8) is 0 Å². The van der Waals surface area contributed by atoms with E-state index in [1.807, 2.05) is 0 Å². The fourth-order valence-corrected chi connectivity index (χ4v) is 3.20. The smallest absolute Gasteiger partial charge is 0.00967 e. The van der Waals surface area contributed by atoms with Crippen molar-refractivity contribution in [2.45, 2.75) is 52.5 Å². The molecule has 0 radical (unpaired) electrons. The molecule has 0 aromatic heterocycles. The maximum Gasteiger partial charge on any atom is 0.00967 e. The summed E-state index contributed by atoms with van der Waals surface area (Å²) in [6, 6.07) is 0. The molecule has 1 nitrogen and oxygen atoms in total. The summed E-state index contributed by atoms with van der Waals surface area (Å²) in [4.78, 5) is 0. The molecule has 3 rings (SSSR count). The average Bonchev–Trinajstić information content (AvgIpc) is 1.73. The second kappa shape index (κ2) is 2.06. The van der Waals surface area contributed by atoms with Crippen LogP contribution in [0.15, 0.2) is 0 Å². The number of rotatable bonds is 2. The SMILES string of the molecule is CC12CC(CNC(C)(C)C)(C1)C2. The van der Waals surface area contributed by atoms with Crippen LogP contribution in [-0.4, -0.2) is 12.1 Å². The van der Waals surface area contributed by atoms with E-state index >= 15 is 0 Å². The Labute approximate surface area is 75.9 Å². The number of nitrogens with one attached hydrogen (secondary N) is 1. The zero-order chi connectivity index (χ0) is 9.04. The molecule has 3 saturated carbocycles. The van der Waals surface area contributed by atoms with Crippen molar-refractivity contribution in [3.8, 4) is 0 Å². The Kier molecular flexibility index (Phi) is 1.47. The van der Waals surface area contributed by atoms with Crippen LogP contribution in [0, 0.1) is 10.8 Å². The van der Waals surface area contributed by atoms with Crippen LogP contribution in [-0.2, 0) is 0 Å². The van der Waals surface area contributed by atoms with E-state index in [9.17, 15) is 0 Å². The molecule has 0 aromatic rings. The van der Waals surface area contributed by atoms with Crippen molar-refractivity contribution in [1.29, 1.82) is 0 Å². The minimum atomic E-state index is 0.302. The van der Waals surface area contributed by atoms with Crippen molar-refractivity contribution in [1.82, 2.24) is 5.32 Å².